The zero-order chi connectivity index (χ0) is 19.5. The van der Waals surface area contributed by atoms with Crippen molar-refractivity contribution in [3.8, 4) is 0 Å². The predicted molar refractivity (Wildman–Crippen MR) is 106 cm³/mol. The number of imide groups is 1. The van der Waals surface area contributed by atoms with Crippen LogP contribution in [0.15, 0.2) is 82.3 Å². The maximum atomic E-state index is 12.7. The van der Waals surface area contributed by atoms with Crippen LogP contribution in [0.2, 0.25) is 0 Å². The summed E-state index contributed by atoms with van der Waals surface area (Å²) >= 11 is 1.34. The van der Waals surface area contributed by atoms with E-state index in [1.807, 2.05) is 18.2 Å². The molecule has 0 bridgehead atoms. The Morgan fingerprint density at radius 2 is 1.75 bits per heavy atom. The number of benzene rings is 2. The highest BCUT2D eigenvalue weighted by Crippen LogP contribution is 2.34. The molecule has 2 heterocycles. The van der Waals surface area contributed by atoms with E-state index in [1.165, 1.54) is 22.9 Å². The highest BCUT2D eigenvalue weighted by molar-refractivity contribution is 8.00. The van der Waals surface area contributed by atoms with Crippen LogP contribution in [0.3, 0.4) is 0 Å². The summed E-state index contributed by atoms with van der Waals surface area (Å²) in [5.74, 6) is -0.512. The first kappa shape index (κ1) is 18.1. The molecule has 0 aliphatic carbocycles. The number of thioether (sulfide) groups is 1. The SMILES string of the molecule is O=C(Nc1ccc(SC2CC(=O)N(c3ccccc3)C2=O)cc1)c1ccco1. The van der Waals surface area contributed by atoms with Crippen LogP contribution >= 0.6 is 11.8 Å². The molecule has 0 spiro atoms. The van der Waals surface area contributed by atoms with E-state index in [-0.39, 0.29) is 29.9 Å². The molecule has 3 amide bonds. The molecule has 0 saturated carbocycles. The third kappa shape index (κ3) is 3.70. The average molecular weight is 392 g/mol. The molecule has 1 aliphatic heterocycles. The number of carbonyl (C=O) groups excluding carboxylic acids is 3. The number of nitrogens with zero attached hydrogens (tertiary/aromatic N) is 1. The first-order valence-corrected chi connectivity index (χ1v) is 9.53. The molecular formula is C21H16N2O4S. The van der Waals surface area contributed by atoms with Crippen molar-refractivity contribution in [1.82, 2.24) is 0 Å². The van der Waals surface area contributed by atoms with Crippen LogP contribution in [0.1, 0.15) is 17.0 Å². The van der Waals surface area contributed by atoms with E-state index in [2.05, 4.69) is 5.32 Å². The van der Waals surface area contributed by atoms with Gasteiger partial charge in [-0.1, -0.05) is 18.2 Å². The minimum atomic E-state index is -0.462. The fraction of sp³-hybridized carbons (Fsp3) is 0.0952. The van der Waals surface area contributed by atoms with Gasteiger partial charge in [0, 0.05) is 17.0 Å². The van der Waals surface area contributed by atoms with Crippen molar-refractivity contribution >= 4 is 40.9 Å². The maximum Gasteiger partial charge on any atom is 0.291 e. The summed E-state index contributed by atoms with van der Waals surface area (Å²) in [6, 6.07) is 19.3. The maximum absolute atomic E-state index is 12.7. The van der Waals surface area contributed by atoms with Crippen molar-refractivity contribution in [3.05, 3.63) is 78.8 Å². The van der Waals surface area contributed by atoms with E-state index in [9.17, 15) is 14.4 Å². The molecule has 7 heteroatoms. The van der Waals surface area contributed by atoms with Crippen molar-refractivity contribution in [2.24, 2.45) is 0 Å². The molecule has 4 rings (SSSR count). The van der Waals surface area contributed by atoms with Gasteiger partial charge in [0.15, 0.2) is 5.76 Å². The van der Waals surface area contributed by atoms with Crippen LogP contribution in [-0.2, 0) is 9.59 Å². The van der Waals surface area contributed by atoms with Gasteiger partial charge in [-0.05, 0) is 48.5 Å². The quantitative estimate of drug-likeness (QED) is 0.665. The zero-order valence-electron chi connectivity index (χ0n) is 14.7. The number of amides is 3. The van der Waals surface area contributed by atoms with Crippen molar-refractivity contribution in [2.45, 2.75) is 16.6 Å². The molecule has 1 N–H and O–H groups in total. The summed E-state index contributed by atoms with van der Waals surface area (Å²) in [5.41, 5.74) is 1.21. The molecule has 1 saturated heterocycles. The number of hydrogen-bond donors (Lipinski definition) is 1. The molecule has 1 fully saturated rings. The first-order valence-electron chi connectivity index (χ1n) is 8.65. The fourth-order valence-corrected chi connectivity index (χ4v) is 3.98. The highest BCUT2D eigenvalue weighted by atomic mass is 32.2. The summed E-state index contributed by atoms with van der Waals surface area (Å²) in [6.45, 7) is 0. The van der Waals surface area contributed by atoms with Gasteiger partial charge in [0.25, 0.3) is 5.91 Å². The monoisotopic (exact) mass is 392 g/mol. The predicted octanol–water partition coefficient (Wildman–Crippen LogP) is 3.96. The number of nitrogens with one attached hydrogen (secondary N) is 1. The van der Waals surface area contributed by atoms with E-state index < -0.39 is 5.25 Å². The molecule has 2 aromatic carbocycles. The second-order valence-corrected chi connectivity index (χ2v) is 7.45. The Hall–Kier alpha value is -3.32. The minimum Gasteiger partial charge on any atom is -0.459 e. The largest absolute Gasteiger partial charge is 0.459 e. The van der Waals surface area contributed by atoms with Gasteiger partial charge in [0.2, 0.25) is 11.8 Å². The molecule has 1 aromatic heterocycles. The molecule has 1 atom stereocenters. The van der Waals surface area contributed by atoms with E-state index >= 15 is 0 Å². The van der Waals surface area contributed by atoms with Crippen LogP contribution in [-0.4, -0.2) is 23.0 Å². The third-order valence-corrected chi connectivity index (χ3v) is 5.45. The Morgan fingerprint density at radius 3 is 2.43 bits per heavy atom. The highest BCUT2D eigenvalue weighted by Gasteiger charge is 2.40. The molecule has 0 radical (unpaired) electrons. The molecule has 6 nitrogen and oxygen atoms in total. The number of hydrogen-bond acceptors (Lipinski definition) is 5. The molecule has 28 heavy (non-hydrogen) atoms. The Morgan fingerprint density at radius 1 is 1.00 bits per heavy atom. The number of furan rings is 1. The van der Waals surface area contributed by atoms with Crippen molar-refractivity contribution in [2.75, 3.05) is 10.2 Å². The van der Waals surface area contributed by atoms with Crippen LogP contribution in [0.5, 0.6) is 0 Å². The summed E-state index contributed by atoms with van der Waals surface area (Å²) in [6.07, 6.45) is 1.60. The Kier molecular flexibility index (Phi) is 4.99. The molecule has 3 aromatic rings. The van der Waals surface area contributed by atoms with Crippen molar-refractivity contribution in [1.29, 1.82) is 0 Å². The van der Waals surface area contributed by atoms with Gasteiger partial charge in [0.1, 0.15) is 0 Å². The van der Waals surface area contributed by atoms with Crippen molar-refractivity contribution in [3.63, 3.8) is 0 Å². The van der Waals surface area contributed by atoms with Gasteiger partial charge in [-0.3, -0.25) is 14.4 Å². The lowest BCUT2D eigenvalue weighted by Crippen LogP contribution is -2.30. The zero-order valence-corrected chi connectivity index (χ0v) is 15.5. The molecule has 140 valence electrons. The van der Waals surface area contributed by atoms with E-state index in [4.69, 9.17) is 4.42 Å². The van der Waals surface area contributed by atoms with E-state index in [1.54, 1.807) is 48.5 Å². The third-order valence-electron chi connectivity index (χ3n) is 4.26. The smallest absolute Gasteiger partial charge is 0.291 e. The molecule has 1 aliphatic rings. The second kappa shape index (κ2) is 7.74. The summed E-state index contributed by atoms with van der Waals surface area (Å²) < 4.78 is 5.06. The van der Waals surface area contributed by atoms with Crippen LogP contribution < -0.4 is 10.2 Å². The average Bonchev–Trinajstić information content (AvgIpc) is 3.33. The van der Waals surface area contributed by atoms with Gasteiger partial charge in [-0.2, -0.15) is 0 Å². The second-order valence-electron chi connectivity index (χ2n) is 6.17. The van der Waals surface area contributed by atoms with Gasteiger partial charge >= 0.3 is 0 Å². The van der Waals surface area contributed by atoms with Gasteiger partial charge in [-0.25, -0.2) is 4.90 Å². The molecular weight excluding hydrogens is 376 g/mol. The standard InChI is InChI=1S/C21H16N2O4S/c24-19-13-18(21(26)23(19)15-5-2-1-3-6-15)28-16-10-8-14(9-11-16)22-20(25)17-7-4-12-27-17/h1-12,18H,13H2,(H,22,25). The molecule has 1 unspecified atom stereocenters. The Labute approximate surface area is 165 Å². The van der Waals surface area contributed by atoms with Crippen molar-refractivity contribution < 1.29 is 18.8 Å². The number of para-hydroxylation sites is 1. The van der Waals surface area contributed by atoms with E-state index in [0.29, 0.717) is 11.4 Å². The normalized spacial score (nSPS) is 16.4. The van der Waals surface area contributed by atoms with Crippen LogP contribution in [0.25, 0.3) is 0 Å². The fourth-order valence-electron chi connectivity index (χ4n) is 2.93. The lowest BCUT2D eigenvalue weighted by Gasteiger charge is -2.14. The summed E-state index contributed by atoms with van der Waals surface area (Å²) in [5, 5.41) is 2.28. The van der Waals surface area contributed by atoms with Crippen LogP contribution in [0.4, 0.5) is 11.4 Å². The lowest BCUT2D eigenvalue weighted by molar-refractivity contribution is -0.121. The number of anilines is 2. The van der Waals surface area contributed by atoms with Gasteiger partial charge < -0.3 is 9.73 Å². The van der Waals surface area contributed by atoms with E-state index in [0.717, 1.165) is 4.90 Å². The number of carbonyl (C=O) groups is 3. The Balaban J connectivity index is 1.41. The summed E-state index contributed by atoms with van der Waals surface area (Å²) in [7, 11) is 0. The number of rotatable bonds is 5. The Bertz CT molecular complexity index is 1000. The van der Waals surface area contributed by atoms with Gasteiger partial charge in [0.05, 0.1) is 17.2 Å². The van der Waals surface area contributed by atoms with Crippen LogP contribution in [0, 0.1) is 0 Å². The summed E-state index contributed by atoms with van der Waals surface area (Å²) in [4.78, 5) is 39.1. The van der Waals surface area contributed by atoms with Gasteiger partial charge in [-0.15, -0.1) is 11.8 Å². The minimum absolute atomic E-state index is 0.162. The lowest BCUT2D eigenvalue weighted by atomic mass is 10.3. The topological polar surface area (TPSA) is 79.6 Å². The first-order chi connectivity index (χ1) is 13.6.